The van der Waals surface area contributed by atoms with Gasteiger partial charge in [-0.3, -0.25) is 0 Å². The molecule has 2 rings (SSSR count). The minimum Gasteiger partial charge on any atom is -0.184 e. The van der Waals surface area contributed by atoms with Gasteiger partial charge in [0.1, 0.15) is 0 Å². The zero-order valence-corrected chi connectivity index (χ0v) is 7.83. The van der Waals surface area contributed by atoms with Crippen LogP contribution in [0.4, 0.5) is 5.69 Å². The monoisotopic (exact) mass is 162 g/mol. The number of nitrogens with zero attached hydrogens (tertiary/aromatic N) is 2. The average molecular weight is 162 g/mol. The molecule has 0 atom stereocenters. The second-order valence-electron chi connectivity index (χ2n) is 2.53. The molecule has 0 spiro atoms. The smallest absolute Gasteiger partial charge is 0.0904 e. The molecule has 0 aliphatic carbocycles. The van der Waals surface area contributed by atoms with Crippen LogP contribution < -0.4 is 0 Å². The first kappa shape index (κ1) is 8.91. The van der Waals surface area contributed by atoms with Crippen molar-refractivity contribution in [2.45, 2.75) is 27.3 Å². The maximum atomic E-state index is 3.97. The number of azo groups is 1. The first-order valence-electron chi connectivity index (χ1n) is 4.33. The van der Waals surface area contributed by atoms with E-state index < -0.39 is 0 Å². The van der Waals surface area contributed by atoms with Gasteiger partial charge in [0.15, 0.2) is 0 Å². The summed E-state index contributed by atoms with van der Waals surface area (Å²) in [6.07, 6.45) is 0. The van der Waals surface area contributed by atoms with E-state index in [1.165, 1.54) is 11.1 Å². The summed E-state index contributed by atoms with van der Waals surface area (Å²) in [6.45, 7) is 6.84. The Balaban J connectivity index is 0.000000336. The summed E-state index contributed by atoms with van der Waals surface area (Å²) in [5, 5.41) is 7.88. The number of hydrogen-bond acceptors (Lipinski definition) is 2. The lowest BCUT2D eigenvalue weighted by molar-refractivity contribution is 1.04. The van der Waals surface area contributed by atoms with Crippen molar-refractivity contribution >= 4 is 5.69 Å². The van der Waals surface area contributed by atoms with Crippen molar-refractivity contribution < 1.29 is 0 Å². The number of rotatable bonds is 0. The molecule has 0 bridgehead atoms. The number of aryl methyl sites for hydroxylation is 1. The Morgan fingerprint density at radius 1 is 1.25 bits per heavy atom. The van der Waals surface area contributed by atoms with Crippen LogP contribution in [0.2, 0.25) is 0 Å². The normalized spacial score (nSPS) is 11.9. The Labute approximate surface area is 73.3 Å². The maximum Gasteiger partial charge on any atom is 0.0904 e. The van der Waals surface area contributed by atoms with E-state index in [-0.39, 0.29) is 0 Å². The fourth-order valence-corrected chi connectivity index (χ4v) is 1.13. The molecular weight excluding hydrogens is 148 g/mol. The molecule has 0 aromatic heterocycles. The van der Waals surface area contributed by atoms with E-state index >= 15 is 0 Å². The van der Waals surface area contributed by atoms with E-state index in [0.29, 0.717) is 0 Å². The van der Waals surface area contributed by atoms with Gasteiger partial charge >= 0.3 is 0 Å². The molecule has 12 heavy (non-hydrogen) atoms. The summed E-state index contributed by atoms with van der Waals surface area (Å²) < 4.78 is 0. The lowest BCUT2D eigenvalue weighted by Gasteiger charge is -1.94. The van der Waals surface area contributed by atoms with E-state index in [0.717, 1.165) is 12.2 Å². The van der Waals surface area contributed by atoms with Crippen molar-refractivity contribution in [1.82, 2.24) is 0 Å². The zero-order chi connectivity index (χ0) is 8.97. The first-order chi connectivity index (χ1) is 5.86. The molecular formula is C10H14N2. The predicted molar refractivity (Wildman–Crippen MR) is 50.7 cm³/mol. The molecule has 1 aliphatic rings. The van der Waals surface area contributed by atoms with Crippen LogP contribution in [0, 0.1) is 6.92 Å². The minimum atomic E-state index is 0.761. The molecule has 0 unspecified atom stereocenters. The van der Waals surface area contributed by atoms with Gasteiger partial charge in [0.05, 0.1) is 12.2 Å². The summed E-state index contributed by atoms with van der Waals surface area (Å²) >= 11 is 0. The Bertz CT molecular complexity index is 290. The van der Waals surface area contributed by atoms with Crippen molar-refractivity contribution in [2.24, 2.45) is 10.2 Å². The van der Waals surface area contributed by atoms with Crippen molar-refractivity contribution in [1.29, 1.82) is 0 Å². The van der Waals surface area contributed by atoms with Crippen LogP contribution in [-0.2, 0) is 6.54 Å². The quantitative estimate of drug-likeness (QED) is 0.556. The molecule has 1 aromatic rings. The lowest BCUT2D eigenvalue weighted by Crippen LogP contribution is -1.77. The molecule has 0 radical (unpaired) electrons. The standard InChI is InChI=1S/C8H8N2.C2H6/c1-6-2-3-8-7(4-6)5-9-10-8;1-2/h2-4H,5H2,1H3;1-2H3. The van der Waals surface area contributed by atoms with Crippen LogP contribution in [0.25, 0.3) is 0 Å². The largest absolute Gasteiger partial charge is 0.184 e. The molecule has 1 aromatic carbocycles. The molecule has 0 fully saturated rings. The summed E-state index contributed by atoms with van der Waals surface area (Å²) in [7, 11) is 0. The van der Waals surface area contributed by atoms with Gasteiger partial charge in [-0.2, -0.15) is 10.2 Å². The van der Waals surface area contributed by atoms with Gasteiger partial charge in [-0.25, -0.2) is 0 Å². The van der Waals surface area contributed by atoms with Gasteiger partial charge in [0.2, 0.25) is 0 Å². The molecule has 1 aliphatic heterocycles. The predicted octanol–water partition coefficient (Wildman–Crippen LogP) is 3.62. The van der Waals surface area contributed by atoms with E-state index in [1.807, 2.05) is 19.9 Å². The number of hydrogen-bond donors (Lipinski definition) is 0. The van der Waals surface area contributed by atoms with Crippen molar-refractivity contribution in [2.75, 3.05) is 0 Å². The van der Waals surface area contributed by atoms with E-state index in [4.69, 9.17) is 0 Å². The average Bonchev–Trinajstić information content (AvgIpc) is 2.54. The fourth-order valence-electron chi connectivity index (χ4n) is 1.13. The third kappa shape index (κ3) is 1.70. The second kappa shape index (κ2) is 4.00. The van der Waals surface area contributed by atoms with Gasteiger partial charge < -0.3 is 0 Å². The van der Waals surface area contributed by atoms with Crippen molar-refractivity contribution in [3.05, 3.63) is 29.3 Å². The zero-order valence-electron chi connectivity index (χ0n) is 7.83. The Morgan fingerprint density at radius 3 is 2.75 bits per heavy atom. The first-order valence-corrected chi connectivity index (χ1v) is 4.33. The number of benzene rings is 1. The molecule has 0 saturated heterocycles. The summed E-state index contributed by atoms with van der Waals surface area (Å²) in [6, 6.07) is 6.21. The molecule has 0 saturated carbocycles. The van der Waals surface area contributed by atoms with Gasteiger partial charge in [0, 0.05) is 5.56 Å². The summed E-state index contributed by atoms with van der Waals surface area (Å²) in [5.41, 5.74) is 3.57. The van der Waals surface area contributed by atoms with Crippen LogP contribution in [0.3, 0.4) is 0 Å². The minimum absolute atomic E-state index is 0.761. The molecule has 2 heteroatoms. The third-order valence-electron chi connectivity index (χ3n) is 1.65. The highest BCUT2D eigenvalue weighted by molar-refractivity contribution is 5.48. The highest BCUT2D eigenvalue weighted by Gasteiger charge is 2.05. The molecule has 0 amide bonds. The van der Waals surface area contributed by atoms with Gasteiger partial charge in [0.25, 0.3) is 0 Å². The summed E-state index contributed by atoms with van der Waals surface area (Å²) in [5.74, 6) is 0. The third-order valence-corrected chi connectivity index (χ3v) is 1.65. The second-order valence-corrected chi connectivity index (χ2v) is 2.53. The summed E-state index contributed by atoms with van der Waals surface area (Å²) in [4.78, 5) is 0. The fraction of sp³-hybridized carbons (Fsp3) is 0.400. The van der Waals surface area contributed by atoms with Crippen LogP contribution in [-0.4, -0.2) is 0 Å². The molecule has 0 N–H and O–H groups in total. The maximum absolute atomic E-state index is 3.97. The SMILES string of the molecule is CC.Cc1ccc2c(c1)CN=N2. The van der Waals surface area contributed by atoms with Crippen LogP contribution in [0.15, 0.2) is 28.4 Å². The number of fused-ring (bicyclic) bond motifs is 1. The van der Waals surface area contributed by atoms with Gasteiger partial charge in [-0.1, -0.05) is 31.5 Å². The van der Waals surface area contributed by atoms with E-state index in [1.54, 1.807) is 0 Å². The van der Waals surface area contributed by atoms with Crippen LogP contribution in [0.1, 0.15) is 25.0 Å². The Kier molecular flexibility index (Phi) is 2.97. The molecule has 2 nitrogen and oxygen atoms in total. The Morgan fingerprint density at radius 2 is 2.00 bits per heavy atom. The van der Waals surface area contributed by atoms with Crippen LogP contribution in [0.5, 0.6) is 0 Å². The highest BCUT2D eigenvalue weighted by Crippen LogP contribution is 2.26. The van der Waals surface area contributed by atoms with Crippen molar-refractivity contribution in [3.63, 3.8) is 0 Å². The van der Waals surface area contributed by atoms with Gasteiger partial charge in [-0.05, 0) is 13.0 Å². The van der Waals surface area contributed by atoms with E-state index in [2.05, 4.69) is 29.3 Å². The Hall–Kier alpha value is -1.18. The van der Waals surface area contributed by atoms with Crippen molar-refractivity contribution in [3.8, 4) is 0 Å². The lowest BCUT2D eigenvalue weighted by atomic mass is 10.1. The molecule has 64 valence electrons. The van der Waals surface area contributed by atoms with Crippen LogP contribution >= 0.6 is 0 Å². The van der Waals surface area contributed by atoms with Gasteiger partial charge in [-0.15, -0.1) is 0 Å². The molecule has 1 heterocycles. The van der Waals surface area contributed by atoms with E-state index in [9.17, 15) is 0 Å². The highest BCUT2D eigenvalue weighted by atomic mass is 15.1. The topological polar surface area (TPSA) is 24.7 Å².